The van der Waals surface area contributed by atoms with E-state index in [1.54, 1.807) is 12.5 Å². The van der Waals surface area contributed by atoms with Crippen LogP contribution >= 0.6 is 0 Å². The molecule has 4 rings (SSSR count). The standard InChI is InChI=1S/C24H34O8/c1-14-20(28)21(32-16(3)26)23(12-30-15(2)25)18(5-6-19(27)24(23)13-31-24)22(14,4)9-7-17-8-10-29-11-17/h8,10-11,14,18-21,27-28H,5-7,9,12-13H2,1-4H3/t14-,18-,19+,20-,21+,22-,23-,24-/m1/s1. The van der Waals surface area contributed by atoms with Crippen LogP contribution in [0.2, 0.25) is 0 Å². The molecule has 8 nitrogen and oxygen atoms in total. The number of furan rings is 1. The van der Waals surface area contributed by atoms with Crippen molar-refractivity contribution in [2.75, 3.05) is 13.2 Å². The van der Waals surface area contributed by atoms with E-state index in [-0.39, 0.29) is 25.0 Å². The second-order valence-corrected chi connectivity index (χ2v) is 10.1. The van der Waals surface area contributed by atoms with Gasteiger partial charge in [0, 0.05) is 13.8 Å². The Morgan fingerprint density at radius 2 is 1.94 bits per heavy atom. The fraction of sp³-hybridized carbons (Fsp3) is 0.750. The quantitative estimate of drug-likeness (QED) is 0.500. The number of rotatable bonds is 6. The van der Waals surface area contributed by atoms with Crippen molar-refractivity contribution in [1.29, 1.82) is 0 Å². The normalized spacial score (nSPS) is 42.9. The van der Waals surface area contributed by atoms with Crippen LogP contribution in [-0.2, 0) is 30.2 Å². The van der Waals surface area contributed by atoms with Gasteiger partial charge in [-0.25, -0.2) is 0 Å². The van der Waals surface area contributed by atoms with Crippen LogP contribution in [0.1, 0.15) is 52.5 Å². The van der Waals surface area contributed by atoms with E-state index in [4.69, 9.17) is 18.6 Å². The highest BCUT2D eigenvalue weighted by molar-refractivity contribution is 5.67. The van der Waals surface area contributed by atoms with E-state index >= 15 is 0 Å². The van der Waals surface area contributed by atoms with Gasteiger partial charge in [-0.05, 0) is 54.6 Å². The zero-order chi connectivity index (χ0) is 23.3. The van der Waals surface area contributed by atoms with Crippen LogP contribution in [0.4, 0.5) is 0 Å². The molecule has 2 saturated carbocycles. The molecular formula is C24H34O8. The summed E-state index contributed by atoms with van der Waals surface area (Å²) < 4.78 is 22.5. The number of carbonyl (C=O) groups is 2. The summed E-state index contributed by atoms with van der Waals surface area (Å²) in [7, 11) is 0. The lowest BCUT2D eigenvalue weighted by atomic mass is 9.41. The molecule has 1 spiro atoms. The maximum atomic E-state index is 12.1. The van der Waals surface area contributed by atoms with Crippen LogP contribution in [-0.4, -0.2) is 59.3 Å². The van der Waals surface area contributed by atoms with Crippen molar-refractivity contribution in [3.8, 4) is 0 Å². The van der Waals surface area contributed by atoms with E-state index in [0.29, 0.717) is 12.8 Å². The topological polar surface area (TPSA) is 119 Å². The maximum Gasteiger partial charge on any atom is 0.303 e. The summed E-state index contributed by atoms with van der Waals surface area (Å²) in [5, 5.41) is 22.5. The Bertz CT molecular complexity index is 846. The van der Waals surface area contributed by atoms with Gasteiger partial charge < -0.3 is 28.8 Å². The Kier molecular flexibility index (Phi) is 5.92. The second-order valence-electron chi connectivity index (χ2n) is 10.1. The minimum absolute atomic E-state index is 0.0902. The predicted molar refractivity (Wildman–Crippen MR) is 112 cm³/mol. The van der Waals surface area contributed by atoms with Gasteiger partial charge in [0.2, 0.25) is 0 Å². The van der Waals surface area contributed by atoms with Crippen LogP contribution < -0.4 is 0 Å². The summed E-state index contributed by atoms with van der Waals surface area (Å²) >= 11 is 0. The molecule has 3 aliphatic rings. The number of hydrogen-bond acceptors (Lipinski definition) is 8. The molecule has 2 aliphatic carbocycles. The van der Waals surface area contributed by atoms with E-state index in [0.717, 1.165) is 18.4 Å². The lowest BCUT2D eigenvalue weighted by Gasteiger charge is -2.65. The molecule has 1 aromatic rings. The number of aryl methyl sites for hydroxylation is 1. The average molecular weight is 451 g/mol. The van der Waals surface area contributed by atoms with Gasteiger partial charge in [0.15, 0.2) is 0 Å². The highest BCUT2D eigenvalue weighted by Crippen LogP contribution is 2.69. The Balaban J connectivity index is 1.82. The van der Waals surface area contributed by atoms with Crippen LogP contribution in [0, 0.1) is 22.7 Å². The predicted octanol–water partition coefficient (Wildman–Crippen LogP) is 2.25. The molecule has 0 amide bonds. The molecule has 2 N–H and O–H groups in total. The van der Waals surface area contributed by atoms with Crippen LogP contribution in [0.15, 0.2) is 23.0 Å². The van der Waals surface area contributed by atoms with Crippen molar-refractivity contribution < 1.29 is 38.4 Å². The number of hydrogen-bond donors (Lipinski definition) is 2. The molecule has 1 aromatic heterocycles. The minimum Gasteiger partial charge on any atom is -0.472 e. The number of epoxide rings is 1. The van der Waals surface area contributed by atoms with Crippen molar-refractivity contribution in [2.45, 2.75) is 77.3 Å². The molecule has 0 unspecified atom stereocenters. The summed E-state index contributed by atoms with van der Waals surface area (Å²) in [5.74, 6) is -1.32. The smallest absolute Gasteiger partial charge is 0.303 e. The number of aliphatic hydroxyl groups excluding tert-OH is 2. The van der Waals surface area contributed by atoms with Gasteiger partial charge in [0.1, 0.15) is 18.3 Å². The number of ether oxygens (including phenoxy) is 3. The molecule has 8 heteroatoms. The van der Waals surface area contributed by atoms with Crippen molar-refractivity contribution >= 4 is 11.9 Å². The van der Waals surface area contributed by atoms with Gasteiger partial charge in [-0.2, -0.15) is 0 Å². The Labute approximate surface area is 188 Å². The average Bonchev–Trinajstić information content (AvgIpc) is 3.37. The fourth-order valence-electron chi connectivity index (χ4n) is 6.72. The lowest BCUT2D eigenvalue weighted by molar-refractivity contribution is -0.276. The molecule has 2 heterocycles. The first-order valence-electron chi connectivity index (χ1n) is 11.4. The zero-order valence-corrected chi connectivity index (χ0v) is 19.2. The van der Waals surface area contributed by atoms with Gasteiger partial charge in [0.05, 0.1) is 36.8 Å². The first-order valence-corrected chi connectivity index (χ1v) is 11.4. The summed E-state index contributed by atoms with van der Waals surface area (Å²) in [6.07, 6.45) is 3.26. The molecule has 8 atom stereocenters. The van der Waals surface area contributed by atoms with Gasteiger partial charge >= 0.3 is 11.9 Å². The highest BCUT2D eigenvalue weighted by atomic mass is 16.6. The van der Waals surface area contributed by atoms with E-state index in [1.165, 1.54) is 13.8 Å². The summed E-state index contributed by atoms with van der Waals surface area (Å²) in [6.45, 7) is 6.93. The molecule has 1 saturated heterocycles. The van der Waals surface area contributed by atoms with Crippen molar-refractivity contribution in [3.05, 3.63) is 24.2 Å². The number of esters is 2. The van der Waals surface area contributed by atoms with Gasteiger partial charge in [-0.15, -0.1) is 0 Å². The van der Waals surface area contributed by atoms with Gasteiger partial charge in [-0.1, -0.05) is 13.8 Å². The van der Waals surface area contributed by atoms with Crippen molar-refractivity contribution in [3.63, 3.8) is 0 Å². The third-order valence-corrected chi connectivity index (χ3v) is 8.64. The number of aliphatic hydroxyl groups is 2. The Morgan fingerprint density at radius 1 is 1.22 bits per heavy atom. The van der Waals surface area contributed by atoms with Crippen molar-refractivity contribution in [2.24, 2.45) is 22.7 Å². The lowest BCUT2D eigenvalue weighted by Crippen LogP contribution is -2.74. The SMILES string of the molecule is CC(=O)OC[C@]12[C@H](CC[C@H](O)[C@]13CO3)[C@](C)(CCc1ccoc1)[C@H](C)[C@@H](O)[C@@H]2OC(C)=O. The minimum atomic E-state index is -1.06. The first-order chi connectivity index (χ1) is 15.1. The van der Waals surface area contributed by atoms with E-state index in [9.17, 15) is 19.8 Å². The number of fused-ring (bicyclic) bond motifs is 2. The fourth-order valence-corrected chi connectivity index (χ4v) is 6.72. The summed E-state index contributed by atoms with van der Waals surface area (Å²) in [6, 6.07) is 1.93. The molecule has 3 fully saturated rings. The largest absolute Gasteiger partial charge is 0.472 e. The first kappa shape index (κ1) is 23.3. The third-order valence-electron chi connectivity index (χ3n) is 8.64. The molecule has 1 aliphatic heterocycles. The highest BCUT2D eigenvalue weighted by Gasteiger charge is 2.79. The van der Waals surface area contributed by atoms with Crippen molar-refractivity contribution in [1.82, 2.24) is 0 Å². The Morgan fingerprint density at radius 3 is 2.50 bits per heavy atom. The van der Waals surface area contributed by atoms with Gasteiger partial charge in [0.25, 0.3) is 0 Å². The molecule has 0 aromatic carbocycles. The molecule has 0 radical (unpaired) electrons. The zero-order valence-electron chi connectivity index (χ0n) is 19.2. The molecule has 32 heavy (non-hydrogen) atoms. The van der Waals surface area contributed by atoms with E-state index < -0.39 is 46.7 Å². The molecule has 0 bridgehead atoms. The van der Waals surface area contributed by atoms with Gasteiger partial charge in [-0.3, -0.25) is 9.59 Å². The monoisotopic (exact) mass is 450 g/mol. The number of carbonyl (C=O) groups excluding carboxylic acids is 2. The molecular weight excluding hydrogens is 416 g/mol. The van der Waals surface area contributed by atoms with E-state index in [1.807, 2.05) is 13.0 Å². The van der Waals surface area contributed by atoms with Crippen LogP contribution in [0.25, 0.3) is 0 Å². The van der Waals surface area contributed by atoms with Crippen LogP contribution in [0.3, 0.4) is 0 Å². The Hall–Kier alpha value is -1.90. The second kappa shape index (κ2) is 8.15. The third kappa shape index (κ3) is 3.38. The maximum absolute atomic E-state index is 12.1. The summed E-state index contributed by atoms with van der Waals surface area (Å²) in [4.78, 5) is 24.0. The van der Waals surface area contributed by atoms with Crippen LogP contribution in [0.5, 0.6) is 0 Å². The molecule has 178 valence electrons. The summed E-state index contributed by atoms with van der Waals surface area (Å²) in [5.41, 5.74) is -1.41. The van der Waals surface area contributed by atoms with E-state index in [2.05, 4.69) is 6.92 Å².